The summed E-state index contributed by atoms with van der Waals surface area (Å²) < 4.78 is 0. The van der Waals surface area contributed by atoms with Crippen LogP contribution in [0.5, 0.6) is 0 Å². The molecule has 1 saturated carbocycles. The Hall–Kier alpha value is -1.90. The third-order valence-corrected chi connectivity index (χ3v) is 3.69. The van der Waals surface area contributed by atoms with Crippen LogP contribution < -0.4 is 5.32 Å². The molecule has 3 rings (SSSR count). The molecule has 0 atom stereocenters. The van der Waals surface area contributed by atoms with Gasteiger partial charge in [-0.2, -0.15) is 0 Å². The summed E-state index contributed by atoms with van der Waals surface area (Å²) in [6.07, 6.45) is 2.38. The summed E-state index contributed by atoms with van der Waals surface area (Å²) in [5.74, 6) is 1.91. The van der Waals surface area contributed by atoms with Crippen molar-refractivity contribution in [3.8, 4) is 11.3 Å². The molecule has 0 amide bonds. The second-order valence-corrected chi connectivity index (χ2v) is 5.42. The smallest absolute Gasteiger partial charge is 0.137 e. The van der Waals surface area contributed by atoms with Crippen molar-refractivity contribution in [3.63, 3.8) is 0 Å². The molecule has 1 aromatic heterocycles. The zero-order chi connectivity index (χ0) is 13.3. The van der Waals surface area contributed by atoms with Crippen molar-refractivity contribution in [2.75, 3.05) is 11.9 Å². The standard InChI is InChI=1S/C16H19N3/c1-3-17-14-11-13(12-7-5-4-6-8-12)18-15(19-14)16(2)9-10-16/h4-8,11H,3,9-10H2,1-2H3,(H,17,18,19). The quantitative estimate of drug-likeness (QED) is 0.904. The first-order valence-electron chi connectivity index (χ1n) is 6.90. The first-order chi connectivity index (χ1) is 9.21. The Morgan fingerprint density at radius 1 is 1.16 bits per heavy atom. The Morgan fingerprint density at radius 2 is 1.89 bits per heavy atom. The number of benzene rings is 1. The van der Waals surface area contributed by atoms with E-state index < -0.39 is 0 Å². The monoisotopic (exact) mass is 253 g/mol. The van der Waals surface area contributed by atoms with Gasteiger partial charge in [-0.25, -0.2) is 9.97 Å². The average molecular weight is 253 g/mol. The lowest BCUT2D eigenvalue weighted by Crippen LogP contribution is -2.10. The molecular weight excluding hydrogens is 234 g/mol. The van der Waals surface area contributed by atoms with Gasteiger partial charge in [0.05, 0.1) is 5.69 Å². The van der Waals surface area contributed by atoms with Gasteiger partial charge in [-0.1, -0.05) is 37.3 Å². The third-order valence-electron chi connectivity index (χ3n) is 3.69. The minimum atomic E-state index is 0.189. The van der Waals surface area contributed by atoms with E-state index in [9.17, 15) is 0 Å². The molecule has 0 saturated heterocycles. The molecule has 0 spiro atoms. The lowest BCUT2D eigenvalue weighted by atomic mass is 10.1. The minimum absolute atomic E-state index is 0.189. The van der Waals surface area contributed by atoms with Crippen molar-refractivity contribution >= 4 is 5.82 Å². The summed E-state index contributed by atoms with van der Waals surface area (Å²) in [6.45, 7) is 5.21. The Balaban J connectivity index is 2.06. The van der Waals surface area contributed by atoms with Crippen LogP contribution in [0.2, 0.25) is 0 Å². The largest absolute Gasteiger partial charge is 0.370 e. The predicted molar refractivity (Wildman–Crippen MR) is 78.2 cm³/mol. The summed E-state index contributed by atoms with van der Waals surface area (Å²) in [7, 11) is 0. The number of anilines is 1. The van der Waals surface area contributed by atoms with E-state index in [0.717, 1.165) is 29.4 Å². The predicted octanol–water partition coefficient (Wildman–Crippen LogP) is 3.63. The highest BCUT2D eigenvalue weighted by Gasteiger charge is 2.42. The normalized spacial score (nSPS) is 16.1. The summed E-state index contributed by atoms with van der Waals surface area (Å²) in [5, 5.41) is 3.31. The van der Waals surface area contributed by atoms with Crippen LogP contribution in [0.3, 0.4) is 0 Å². The Labute approximate surface area is 114 Å². The van der Waals surface area contributed by atoms with Crippen molar-refractivity contribution in [1.82, 2.24) is 9.97 Å². The van der Waals surface area contributed by atoms with Crippen molar-refractivity contribution < 1.29 is 0 Å². The summed E-state index contributed by atoms with van der Waals surface area (Å²) >= 11 is 0. The highest BCUT2D eigenvalue weighted by atomic mass is 15.0. The number of hydrogen-bond donors (Lipinski definition) is 1. The molecule has 1 fully saturated rings. The van der Waals surface area contributed by atoms with Gasteiger partial charge in [0.15, 0.2) is 0 Å². The molecule has 1 aromatic carbocycles. The van der Waals surface area contributed by atoms with Gasteiger partial charge >= 0.3 is 0 Å². The van der Waals surface area contributed by atoms with Crippen LogP contribution in [-0.4, -0.2) is 16.5 Å². The fourth-order valence-corrected chi connectivity index (χ4v) is 2.16. The topological polar surface area (TPSA) is 37.8 Å². The molecule has 1 heterocycles. The van der Waals surface area contributed by atoms with Crippen LogP contribution in [0.25, 0.3) is 11.3 Å². The number of nitrogens with one attached hydrogen (secondary N) is 1. The highest BCUT2D eigenvalue weighted by Crippen LogP contribution is 2.46. The van der Waals surface area contributed by atoms with E-state index >= 15 is 0 Å². The zero-order valence-corrected chi connectivity index (χ0v) is 11.5. The van der Waals surface area contributed by atoms with Gasteiger partial charge in [0, 0.05) is 23.6 Å². The molecule has 1 aliphatic rings. The fraction of sp³-hybridized carbons (Fsp3) is 0.375. The summed E-state index contributed by atoms with van der Waals surface area (Å²) in [5.41, 5.74) is 2.35. The average Bonchev–Trinajstić information content (AvgIpc) is 3.19. The molecule has 0 radical (unpaired) electrons. The number of aromatic nitrogens is 2. The number of hydrogen-bond acceptors (Lipinski definition) is 3. The number of nitrogens with zero attached hydrogens (tertiary/aromatic N) is 2. The Morgan fingerprint density at radius 3 is 2.53 bits per heavy atom. The van der Waals surface area contributed by atoms with Crippen molar-refractivity contribution in [2.45, 2.75) is 32.1 Å². The van der Waals surface area contributed by atoms with Gasteiger partial charge in [0.1, 0.15) is 11.6 Å². The minimum Gasteiger partial charge on any atom is -0.370 e. The van der Waals surface area contributed by atoms with Crippen LogP contribution >= 0.6 is 0 Å². The van der Waals surface area contributed by atoms with Crippen molar-refractivity contribution in [3.05, 3.63) is 42.2 Å². The first-order valence-corrected chi connectivity index (χ1v) is 6.90. The number of rotatable bonds is 4. The Kier molecular flexibility index (Phi) is 2.97. The van der Waals surface area contributed by atoms with Crippen LogP contribution in [0.1, 0.15) is 32.5 Å². The van der Waals surface area contributed by atoms with Gasteiger partial charge in [-0.05, 0) is 19.8 Å². The maximum Gasteiger partial charge on any atom is 0.137 e. The molecule has 3 heteroatoms. The maximum absolute atomic E-state index is 4.77. The van der Waals surface area contributed by atoms with E-state index in [1.54, 1.807) is 0 Å². The second kappa shape index (κ2) is 4.65. The zero-order valence-electron chi connectivity index (χ0n) is 11.5. The van der Waals surface area contributed by atoms with E-state index in [1.165, 1.54) is 12.8 Å². The molecule has 98 valence electrons. The molecule has 3 nitrogen and oxygen atoms in total. The van der Waals surface area contributed by atoms with E-state index in [2.05, 4.69) is 36.3 Å². The third kappa shape index (κ3) is 2.46. The van der Waals surface area contributed by atoms with Crippen LogP contribution in [0, 0.1) is 0 Å². The fourth-order valence-electron chi connectivity index (χ4n) is 2.16. The van der Waals surface area contributed by atoms with Gasteiger partial charge in [0.2, 0.25) is 0 Å². The molecule has 0 unspecified atom stereocenters. The van der Waals surface area contributed by atoms with Crippen molar-refractivity contribution in [2.24, 2.45) is 0 Å². The van der Waals surface area contributed by atoms with Gasteiger partial charge in [-0.15, -0.1) is 0 Å². The van der Waals surface area contributed by atoms with Gasteiger partial charge in [-0.3, -0.25) is 0 Å². The molecule has 2 aromatic rings. The van der Waals surface area contributed by atoms with Crippen LogP contribution in [-0.2, 0) is 5.41 Å². The van der Waals surface area contributed by atoms with E-state index in [0.29, 0.717) is 0 Å². The first kappa shape index (κ1) is 12.2. The lowest BCUT2D eigenvalue weighted by Gasteiger charge is -2.12. The molecule has 1 aliphatic carbocycles. The van der Waals surface area contributed by atoms with Crippen molar-refractivity contribution in [1.29, 1.82) is 0 Å². The SMILES string of the molecule is CCNc1cc(-c2ccccc2)nc(C2(C)CC2)n1. The molecule has 1 N–H and O–H groups in total. The maximum atomic E-state index is 4.77. The van der Waals surface area contributed by atoms with E-state index in [-0.39, 0.29) is 5.41 Å². The highest BCUT2D eigenvalue weighted by molar-refractivity contribution is 5.62. The summed E-state index contributed by atoms with van der Waals surface area (Å²) in [4.78, 5) is 9.43. The van der Waals surface area contributed by atoms with E-state index in [4.69, 9.17) is 4.98 Å². The molecule has 0 bridgehead atoms. The van der Waals surface area contributed by atoms with Gasteiger partial charge in [0.25, 0.3) is 0 Å². The van der Waals surface area contributed by atoms with E-state index in [1.807, 2.05) is 24.3 Å². The van der Waals surface area contributed by atoms with Crippen LogP contribution in [0.4, 0.5) is 5.82 Å². The molecule has 0 aliphatic heterocycles. The van der Waals surface area contributed by atoms with Crippen LogP contribution in [0.15, 0.2) is 36.4 Å². The molecular formula is C16H19N3. The lowest BCUT2D eigenvalue weighted by molar-refractivity contribution is 0.711. The Bertz CT molecular complexity index is 574. The summed E-state index contributed by atoms with van der Waals surface area (Å²) in [6, 6.07) is 12.3. The molecule has 19 heavy (non-hydrogen) atoms. The second-order valence-electron chi connectivity index (χ2n) is 5.42. The van der Waals surface area contributed by atoms with Gasteiger partial charge < -0.3 is 5.32 Å².